The van der Waals surface area contributed by atoms with Crippen LogP contribution in [0.5, 0.6) is 0 Å². The Morgan fingerprint density at radius 1 is 1.15 bits per heavy atom. The molecule has 0 aliphatic heterocycles. The number of hydrogen-bond donors (Lipinski definition) is 3. The zero-order valence-electron chi connectivity index (χ0n) is 18.2. The fourth-order valence-corrected chi connectivity index (χ4v) is 5.73. The third-order valence-corrected chi connectivity index (χ3v) is 7.99. The third-order valence-electron chi connectivity index (χ3n) is 5.34. The Kier molecular flexibility index (Phi) is 8.70. The van der Waals surface area contributed by atoms with E-state index in [-0.39, 0.29) is 32.4 Å². The van der Waals surface area contributed by atoms with Crippen LogP contribution in [0, 0.1) is 5.82 Å². The van der Waals surface area contributed by atoms with Crippen LogP contribution in [0.3, 0.4) is 0 Å². The first kappa shape index (κ1) is 26.2. The highest BCUT2D eigenvalue weighted by Gasteiger charge is 2.23. The first-order chi connectivity index (χ1) is 16.1. The number of rotatable bonds is 10. The number of aromatic carboxylic acids is 1. The van der Waals surface area contributed by atoms with Crippen molar-refractivity contribution in [1.82, 2.24) is 4.72 Å². The van der Waals surface area contributed by atoms with Crippen LogP contribution in [0.1, 0.15) is 40.7 Å². The Morgan fingerprint density at radius 3 is 2.47 bits per heavy atom. The lowest BCUT2D eigenvalue weighted by atomic mass is 9.96. The van der Waals surface area contributed by atoms with Gasteiger partial charge in [-0.05, 0) is 57.7 Å². The lowest BCUT2D eigenvalue weighted by Gasteiger charge is -2.19. The summed E-state index contributed by atoms with van der Waals surface area (Å²) in [6, 6.07) is 16.3. The molecule has 3 aromatic rings. The monoisotopic (exact) mass is 568 g/mol. The molecule has 10 heteroatoms. The zero-order chi connectivity index (χ0) is 24.9. The van der Waals surface area contributed by atoms with Gasteiger partial charge in [0.05, 0.1) is 15.5 Å². The van der Waals surface area contributed by atoms with Crippen molar-refractivity contribution in [2.24, 2.45) is 0 Å². The molecule has 0 aromatic heterocycles. The SMILES string of the molecule is CCC(CNc1cc(Br)c(S(=O)(=O)NCc2ccc(F)c(Cl)c2)cc1C(=O)O)c1ccccc1. The second kappa shape index (κ2) is 11.3. The van der Waals surface area contributed by atoms with Gasteiger partial charge in [-0.2, -0.15) is 0 Å². The molecule has 3 rings (SSSR count). The molecule has 0 saturated heterocycles. The summed E-state index contributed by atoms with van der Waals surface area (Å²) in [5.41, 5.74) is 1.71. The Hall–Kier alpha value is -2.46. The van der Waals surface area contributed by atoms with Gasteiger partial charge in [0.15, 0.2) is 0 Å². The largest absolute Gasteiger partial charge is 0.478 e. The van der Waals surface area contributed by atoms with E-state index in [4.69, 9.17) is 11.6 Å². The number of benzene rings is 3. The van der Waals surface area contributed by atoms with Gasteiger partial charge in [0.1, 0.15) is 5.82 Å². The average Bonchev–Trinajstić information content (AvgIpc) is 2.80. The maximum Gasteiger partial charge on any atom is 0.337 e. The summed E-state index contributed by atoms with van der Waals surface area (Å²) in [5, 5.41) is 12.8. The van der Waals surface area contributed by atoms with E-state index in [2.05, 4.69) is 26.0 Å². The summed E-state index contributed by atoms with van der Waals surface area (Å²) in [5.74, 6) is -1.72. The second-order valence-corrected chi connectivity index (χ2v) is 10.6. The highest BCUT2D eigenvalue weighted by molar-refractivity contribution is 9.10. The predicted octanol–water partition coefficient (Wildman–Crippen LogP) is 6.02. The molecule has 3 aromatic carbocycles. The third kappa shape index (κ3) is 6.35. The van der Waals surface area contributed by atoms with Crippen LogP contribution in [0.15, 0.2) is 70.0 Å². The van der Waals surface area contributed by atoms with Crippen LogP contribution in [0.4, 0.5) is 10.1 Å². The molecule has 1 atom stereocenters. The van der Waals surface area contributed by atoms with Crippen molar-refractivity contribution in [3.63, 3.8) is 0 Å². The van der Waals surface area contributed by atoms with E-state index < -0.39 is 21.8 Å². The maximum atomic E-state index is 13.3. The van der Waals surface area contributed by atoms with Gasteiger partial charge in [0, 0.05) is 29.2 Å². The maximum absolute atomic E-state index is 13.3. The smallest absolute Gasteiger partial charge is 0.337 e. The summed E-state index contributed by atoms with van der Waals surface area (Å²) in [6.07, 6.45) is 0.838. The summed E-state index contributed by atoms with van der Waals surface area (Å²) >= 11 is 9.01. The zero-order valence-corrected chi connectivity index (χ0v) is 21.3. The topological polar surface area (TPSA) is 95.5 Å². The molecular formula is C24H23BrClFN2O4S. The van der Waals surface area contributed by atoms with E-state index in [9.17, 15) is 22.7 Å². The molecule has 0 heterocycles. The van der Waals surface area contributed by atoms with Gasteiger partial charge in [0.25, 0.3) is 0 Å². The van der Waals surface area contributed by atoms with Crippen LogP contribution in [-0.4, -0.2) is 26.0 Å². The normalized spacial score (nSPS) is 12.4. The Labute approximate surface area is 211 Å². The highest BCUT2D eigenvalue weighted by atomic mass is 79.9. The van der Waals surface area contributed by atoms with Gasteiger partial charge < -0.3 is 10.4 Å². The molecule has 0 saturated carbocycles. The van der Waals surface area contributed by atoms with Crippen molar-refractivity contribution < 1.29 is 22.7 Å². The lowest BCUT2D eigenvalue weighted by molar-refractivity contribution is 0.0697. The predicted molar refractivity (Wildman–Crippen MR) is 135 cm³/mol. The van der Waals surface area contributed by atoms with Crippen molar-refractivity contribution >= 4 is 49.2 Å². The minimum absolute atomic E-state index is 0.123. The van der Waals surface area contributed by atoms with Crippen LogP contribution in [0.25, 0.3) is 0 Å². The summed E-state index contributed by atoms with van der Waals surface area (Å²) in [6.45, 7) is 2.37. The van der Waals surface area contributed by atoms with Gasteiger partial charge in [-0.15, -0.1) is 0 Å². The van der Waals surface area contributed by atoms with Gasteiger partial charge in [-0.1, -0.05) is 54.9 Å². The first-order valence-corrected chi connectivity index (χ1v) is 13.1. The molecule has 0 aliphatic rings. The molecule has 6 nitrogen and oxygen atoms in total. The molecule has 0 aliphatic carbocycles. The minimum Gasteiger partial charge on any atom is -0.478 e. The van der Waals surface area contributed by atoms with E-state index in [1.807, 2.05) is 37.3 Å². The molecule has 0 fully saturated rings. The second-order valence-electron chi connectivity index (χ2n) is 7.60. The highest BCUT2D eigenvalue weighted by Crippen LogP contribution is 2.31. The van der Waals surface area contributed by atoms with Crippen molar-refractivity contribution in [1.29, 1.82) is 0 Å². The average molecular weight is 570 g/mol. The van der Waals surface area contributed by atoms with Crippen molar-refractivity contribution in [3.8, 4) is 0 Å². The van der Waals surface area contributed by atoms with E-state index in [0.29, 0.717) is 17.8 Å². The molecule has 0 spiro atoms. The van der Waals surface area contributed by atoms with Gasteiger partial charge in [0.2, 0.25) is 10.0 Å². The number of nitrogens with one attached hydrogen (secondary N) is 2. The Bertz CT molecular complexity index is 1290. The fourth-order valence-electron chi connectivity index (χ4n) is 3.44. The standard InChI is InChI=1S/C24H23BrClFN2O4S/c1-2-16(17-6-4-3-5-7-17)14-28-22-12-19(25)23(11-18(22)24(30)31)34(32,33)29-13-15-8-9-21(27)20(26)10-15/h3-12,16,28-29H,2,13-14H2,1H3,(H,30,31). The molecule has 0 radical (unpaired) electrons. The van der Waals surface area contributed by atoms with Crippen molar-refractivity contribution in [2.75, 3.05) is 11.9 Å². The molecular weight excluding hydrogens is 547 g/mol. The molecule has 0 amide bonds. The molecule has 180 valence electrons. The molecule has 0 bridgehead atoms. The summed E-state index contributed by atoms with van der Waals surface area (Å²) < 4.78 is 41.7. The molecule has 3 N–H and O–H groups in total. The number of carbonyl (C=O) groups is 1. The van der Waals surface area contributed by atoms with Crippen molar-refractivity contribution in [2.45, 2.75) is 30.7 Å². The first-order valence-electron chi connectivity index (χ1n) is 10.4. The number of sulfonamides is 1. The van der Waals surface area contributed by atoms with Gasteiger partial charge >= 0.3 is 5.97 Å². The van der Waals surface area contributed by atoms with Gasteiger partial charge in [-0.3, -0.25) is 0 Å². The van der Waals surface area contributed by atoms with E-state index in [0.717, 1.165) is 24.1 Å². The fraction of sp³-hybridized carbons (Fsp3) is 0.208. The molecule has 34 heavy (non-hydrogen) atoms. The van der Waals surface area contributed by atoms with E-state index in [1.165, 1.54) is 18.2 Å². The quantitative estimate of drug-likeness (QED) is 0.277. The van der Waals surface area contributed by atoms with Crippen LogP contribution in [-0.2, 0) is 16.6 Å². The van der Waals surface area contributed by atoms with E-state index in [1.54, 1.807) is 0 Å². The Balaban J connectivity index is 1.83. The van der Waals surface area contributed by atoms with Crippen molar-refractivity contribution in [3.05, 3.63) is 92.7 Å². The number of carboxylic acids is 1. The van der Waals surface area contributed by atoms with Crippen LogP contribution < -0.4 is 10.0 Å². The molecule has 1 unspecified atom stereocenters. The number of hydrogen-bond acceptors (Lipinski definition) is 4. The summed E-state index contributed by atoms with van der Waals surface area (Å²) in [4.78, 5) is 11.7. The van der Waals surface area contributed by atoms with Crippen LogP contribution >= 0.6 is 27.5 Å². The minimum atomic E-state index is -4.09. The van der Waals surface area contributed by atoms with E-state index >= 15 is 0 Å². The van der Waals surface area contributed by atoms with Crippen LogP contribution in [0.2, 0.25) is 5.02 Å². The number of carboxylic acid groups (broad SMARTS) is 1. The lowest BCUT2D eigenvalue weighted by Crippen LogP contribution is -2.24. The number of anilines is 1. The number of halogens is 3. The summed E-state index contributed by atoms with van der Waals surface area (Å²) in [7, 11) is -4.09. The Morgan fingerprint density at radius 2 is 1.85 bits per heavy atom. The van der Waals surface area contributed by atoms with Gasteiger partial charge in [-0.25, -0.2) is 22.3 Å².